The van der Waals surface area contributed by atoms with E-state index < -0.39 is 0 Å². The second-order valence-electron chi connectivity index (χ2n) is 5.83. The first kappa shape index (κ1) is 15.1. The van der Waals surface area contributed by atoms with Gasteiger partial charge in [-0.1, -0.05) is 18.1 Å². The average Bonchev–Trinajstić information content (AvgIpc) is 2.65. The molecule has 0 spiro atoms. The van der Waals surface area contributed by atoms with Crippen LogP contribution in [-0.2, 0) is 9.59 Å². The molecule has 1 N–H and O–H groups in total. The van der Waals surface area contributed by atoms with E-state index in [2.05, 4.69) is 11.4 Å². The third-order valence-electron chi connectivity index (χ3n) is 4.16. The molecule has 0 aromatic heterocycles. The van der Waals surface area contributed by atoms with Gasteiger partial charge in [-0.15, -0.1) is 0 Å². The predicted octanol–water partition coefficient (Wildman–Crippen LogP) is 2.40. The lowest BCUT2D eigenvalue weighted by Gasteiger charge is -2.20. The number of allylic oxidation sites excluding steroid dienone is 1. The molecule has 1 aliphatic heterocycles. The Morgan fingerprint density at radius 2 is 2.00 bits per heavy atom. The molecule has 0 bridgehead atoms. The normalized spacial score (nSPS) is 20.3. The number of nitrogens with one attached hydrogen (secondary N) is 1. The van der Waals surface area contributed by atoms with E-state index in [1.165, 1.54) is 31.3 Å². The van der Waals surface area contributed by atoms with E-state index in [0.717, 1.165) is 32.2 Å². The summed E-state index contributed by atoms with van der Waals surface area (Å²) in [5.41, 5.74) is 1.47. The highest BCUT2D eigenvalue weighted by atomic mass is 16.2. The third-order valence-corrected chi connectivity index (χ3v) is 4.16. The van der Waals surface area contributed by atoms with Gasteiger partial charge in [-0.25, -0.2) is 0 Å². The summed E-state index contributed by atoms with van der Waals surface area (Å²) >= 11 is 0. The maximum absolute atomic E-state index is 11.9. The summed E-state index contributed by atoms with van der Waals surface area (Å²) in [4.78, 5) is 25.4. The maximum atomic E-state index is 11.9. The molecule has 4 nitrogen and oxygen atoms in total. The number of rotatable bonds is 5. The van der Waals surface area contributed by atoms with Crippen molar-refractivity contribution < 1.29 is 9.59 Å². The molecular formula is C16H26N2O2. The van der Waals surface area contributed by atoms with Crippen molar-refractivity contribution in [3.8, 4) is 0 Å². The lowest BCUT2D eigenvalue weighted by molar-refractivity contribution is -0.135. The standard InChI is InChI=1S/C16H26N2O2/c19-15(13-18-12-6-2-5-9-16(18)20)17-11-10-14-7-3-1-4-8-14/h7H,1-6,8-13H2,(H,17,19). The van der Waals surface area contributed by atoms with Gasteiger partial charge in [-0.3, -0.25) is 9.59 Å². The Labute approximate surface area is 121 Å². The number of nitrogens with zero attached hydrogens (tertiary/aromatic N) is 1. The quantitative estimate of drug-likeness (QED) is 0.785. The molecule has 0 saturated carbocycles. The molecular weight excluding hydrogens is 252 g/mol. The molecule has 1 aliphatic carbocycles. The van der Waals surface area contributed by atoms with Gasteiger partial charge in [0.15, 0.2) is 0 Å². The molecule has 0 aromatic carbocycles. The molecule has 4 heteroatoms. The van der Waals surface area contributed by atoms with Crippen LogP contribution in [-0.4, -0.2) is 36.3 Å². The molecule has 0 aromatic rings. The molecule has 0 unspecified atom stereocenters. The van der Waals surface area contributed by atoms with Crippen LogP contribution in [0.1, 0.15) is 57.8 Å². The SMILES string of the molecule is O=C(CN1CCCCCC1=O)NCCC1=CCCCC1. The van der Waals surface area contributed by atoms with E-state index in [1.54, 1.807) is 4.90 Å². The molecule has 112 valence electrons. The van der Waals surface area contributed by atoms with Gasteiger partial charge in [0.25, 0.3) is 0 Å². The van der Waals surface area contributed by atoms with E-state index >= 15 is 0 Å². The van der Waals surface area contributed by atoms with Crippen LogP contribution in [0.4, 0.5) is 0 Å². The Balaban J connectivity index is 1.66. The number of amides is 2. The van der Waals surface area contributed by atoms with Crippen molar-refractivity contribution >= 4 is 11.8 Å². The van der Waals surface area contributed by atoms with E-state index in [0.29, 0.717) is 13.0 Å². The fourth-order valence-electron chi connectivity index (χ4n) is 2.93. The molecule has 0 atom stereocenters. The van der Waals surface area contributed by atoms with Crippen molar-refractivity contribution in [2.24, 2.45) is 0 Å². The Hall–Kier alpha value is -1.32. The van der Waals surface area contributed by atoms with Gasteiger partial charge in [0, 0.05) is 19.5 Å². The highest BCUT2D eigenvalue weighted by Crippen LogP contribution is 2.19. The number of hydrogen-bond acceptors (Lipinski definition) is 2. The molecule has 1 fully saturated rings. The largest absolute Gasteiger partial charge is 0.354 e. The Bertz CT molecular complexity index is 377. The van der Waals surface area contributed by atoms with Crippen molar-refractivity contribution in [2.75, 3.05) is 19.6 Å². The van der Waals surface area contributed by atoms with Gasteiger partial charge >= 0.3 is 0 Å². The molecule has 0 radical (unpaired) electrons. The first-order valence-corrected chi connectivity index (χ1v) is 7.98. The highest BCUT2D eigenvalue weighted by Gasteiger charge is 2.18. The van der Waals surface area contributed by atoms with Crippen LogP contribution in [0.5, 0.6) is 0 Å². The minimum Gasteiger partial charge on any atom is -0.354 e. The Morgan fingerprint density at radius 3 is 2.80 bits per heavy atom. The second-order valence-corrected chi connectivity index (χ2v) is 5.83. The maximum Gasteiger partial charge on any atom is 0.239 e. The Kier molecular flexibility index (Phi) is 6.09. The van der Waals surface area contributed by atoms with E-state index in [4.69, 9.17) is 0 Å². The third kappa shape index (κ3) is 4.99. The van der Waals surface area contributed by atoms with Crippen LogP contribution < -0.4 is 5.32 Å². The van der Waals surface area contributed by atoms with E-state index in [9.17, 15) is 9.59 Å². The fraction of sp³-hybridized carbons (Fsp3) is 0.750. The summed E-state index contributed by atoms with van der Waals surface area (Å²) in [5, 5.41) is 2.94. The second kappa shape index (κ2) is 8.08. The number of carbonyl (C=O) groups excluding carboxylic acids is 2. The van der Waals surface area contributed by atoms with Gasteiger partial charge in [-0.05, 0) is 44.9 Å². The van der Waals surface area contributed by atoms with Crippen molar-refractivity contribution in [1.29, 1.82) is 0 Å². The summed E-state index contributed by atoms with van der Waals surface area (Å²) in [6, 6.07) is 0. The minimum absolute atomic E-state index is 0.0170. The van der Waals surface area contributed by atoms with Crippen LogP contribution >= 0.6 is 0 Å². The van der Waals surface area contributed by atoms with Crippen molar-refractivity contribution in [2.45, 2.75) is 57.8 Å². The zero-order valence-corrected chi connectivity index (χ0v) is 12.3. The number of likely N-dealkylation sites (tertiary alicyclic amines) is 1. The van der Waals surface area contributed by atoms with Crippen LogP contribution in [0.2, 0.25) is 0 Å². The van der Waals surface area contributed by atoms with Crippen molar-refractivity contribution in [3.63, 3.8) is 0 Å². The zero-order chi connectivity index (χ0) is 14.2. The Morgan fingerprint density at radius 1 is 1.15 bits per heavy atom. The van der Waals surface area contributed by atoms with Crippen molar-refractivity contribution in [3.05, 3.63) is 11.6 Å². The summed E-state index contributed by atoms with van der Waals surface area (Å²) in [5.74, 6) is 0.115. The smallest absolute Gasteiger partial charge is 0.239 e. The van der Waals surface area contributed by atoms with E-state index in [-0.39, 0.29) is 18.4 Å². The molecule has 20 heavy (non-hydrogen) atoms. The first-order valence-electron chi connectivity index (χ1n) is 7.98. The van der Waals surface area contributed by atoms with Gasteiger partial charge in [-0.2, -0.15) is 0 Å². The number of hydrogen-bond donors (Lipinski definition) is 1. The lowest BCUT2D eigenvalue weighted by Crippen LogP contribution is -2.40. The summed E-state index contributed by atoms with van der Waals surface area (Å²) in [6.07, 6.45) is 11.9. The fourth-order valence-corrected chi connectivity index (χ4v) is 2.93. The topological polar surface area (TPSA) is 49.4 Å². The molecule has 1 heterocycles. The predicted molar refractivity (Wildman–Crippen MR) is 79.2 cm³/mol. The highest BCUT2D eigenvalue weighted by molar-refractivity contribution is 5.84. The van der Waals surface area contributed by atoms with Crippen LogP contribution in [0.15, 0.2) is 11.6 Å². The molecule has 1 saturated heterocycles. The van der Waals surface area contributed by atoms with Crippen LogP contribution in [0, 0.1) is 0 Å². The summed E-state index contributed by atoms with van der Waals surface area (Å²) < 4.78 is 0. The van der Waals surface area contributed by atoms with Gasteiger partial charge < -0.3 is 10.2 Å². The summed E-state index contributed by atoms with van der Waals surface area (Å²) in [7, 11) is 0. The van der Waals surface area contributed by atoms with Gasteiger partial charge in [0.2, 0.25) is 11.8 Å². The summed E-state index contributed by atoms with van der Waals surface area (Å²) in [6.45, 7) is 1.67. The average molecular weight is 278 g/mol. The molecule has 2 aliphatic rings. The van der Waals surface area contributed by atoms with E-state index in [1.807, 2.05) is 0 Å². The molecule has 2 rings (SSSR count). The zero-order valence-electron chi connectivity index (χ0n) is 12.3. The first-order chi connectivity index (χ1) is 9.75. The van der Waals surface area contributed by atoms with Gasteiger partial charge in [0.05, 0.1) is 6.54 Å². The van der Waals surface area contributed by atoms with Crippen LogP contribution in [0.25, 0.3) is 0 Å². The van der Waals surface area contributed by atoms with Crippen LogP contribution in [0.3, 0.4) is 0 Å². The monoisotopic (exact) mass is 278 g/mol. The minimum atomic E-state index is -0.0170. The van der Waals surface area contributed by atoms with Crippen molar-refractivity contribution in [1.82, 2.24) is 10.2 Å². The molecule has 2 amide bonds. The number of carbonyl (C=O) groups is 2. The van der Waals surface area contributed by atoms with Gasteiger partial charge in [0.1, 0.15) is 0 Å². The lowest BCUT2D eigenvalue weighted by atomic mass is 9.97.